The second-order valence-corrected chi connectivity index (χ2v) is 8.13. The molecule has 0 unspecified atom stereocenters. The zero-order valence-corrected chi connectivity index (χ0v) is 19.1. The molecule has 1 aliphatic rings. The normalized spacial score (nSPS) is 13.9. The van der Waals surface area contributed by atoms with E-state index in [1.54, 1.807) is 42.2 Å². The zero-order valence-electron chi connectivity index (χ0n) is 19.1. The number of halogens is 5. The van der Waals surface area contributed by atoms with Crippen LogP contribution in [0, 0.1) is 0 Å². The number of amides is 2. The molecule has 0 atom stereocenters. The minimum atomic E-state index is -4.88. The van der Waals surface area contributed by atoms with E-state index in [2.05, 4.69) is 14.8 Å². The molecular weight excluding hydrogens is 501 g/mol. The maximum atomic E-state index is 13.7. The highest BCUT2D eigenvalue weighted by atomic mass is 19.4. The Morgan fingerprint density at radius 1 is 1.03 bits per heavy atom. The molecule has 13 heteroatoms. The summed E-state index contributed by atoms with van der Waals surface area (Å²) < 4.78 is 73.7. The summed E-state index contributed by atoms with van der Waals surface area (Å²) in [6.07, 6.45) is -5.81. The topological polar surface area (TPSA) is 72.7 Å². The molecular formula is C24H18F5N5O3. The van der Waals surface area contributed by atoms with E-state index in [1.807, 2.05) is 0 Å². The van der Waals surface area contributed by atoms with Crippen molar-refractivity contribution in [3.05, 3.63) is 66.4 Å². The molecule has 2 aromatic carbocycles. The lowest BCUT2D eigenvalue weighted by Crippen LogP contribution is -2.45. The van der Waals surface area contributed by atoms with E-state index in [0.29, 0.717) is 11.3 Å². The number of benzene rings is 2. The van der Waals surface area contributed by atoms with Crippen molar-refractivity contribution >= 4 is 34.1 Å². The van der Waals surface area contributed by atoms with E-state index in [0.717, 1.165) is 23.0 Å². The number of hydrogen-bond donors (Lipinski definition) is 0. The van der Waals surface area contributed by atoms with Crippen molar-refractivity contribution in [1.82, 2.24) is 14.8 Å². The number of urea groups is 1. The first-order valence-electron chi connectivity index (χ1n) is 10.9. The summed E-state index contributed by atoms with van der Waals surface area (Å²) in [6.45, 7) is -0.783. The van der Waals surface area contributed by atoms with Crippen LogP contribution in [-0.2, 0) is 13.6 Å². The number of alkyl halides is 5. The summed E-state index contributed by atoms with van der Waals surface area (Å²) in [5, 5.41) is 5.12. The van der Waals surface area contributed by atoms with E-state index in [4.69, 9.17) is 4.74 Å². The van der Waals surface area contributed by atoms with Crippen molar-refractivity contribution in [2.75, 3.05) is 16.4 Å². The molecule has 192 valence electrons. The maximum absolute atomic E-state index is 13.7. The molecule has 4 aromatic rings. The molecule has 0 aliphatic carbocycles. The van der Waals surface area contributed by atoms with Gasteiger partial charge in [-0.2, -0.15) is 10.1 Å². The number of carbonyl (C=O) groups excluding carboxylic acids is 1. The summed E-state index contributed by atoms with van der Waals surface area (Å²) in [7, 11) is 1.77. The fourth-order valence-corrected chi connectivity index (χ4v) is 3.99. The standard InChI is InChI=1S/C24H18F5N5O3/c1-32-11-15-10-17(5-8-19(15)31-32)33-12-14-2-9-21(36-13-20(25)26)30-22(14)34(23(33)35)16-3-6-18(7-4-16)37-24(27,28)29/h2-11,20H,12-13H2,1H3. The maximum Gasteiger partial charge on any atom is 0.573 e. The van der Waals surface area contributed by atoms with Crippen LogP contribution in [0.15, 0.2) is 60.8 Å². The van der Waals surface area contributed by atoms with Crippen LogP contribution < -0.4 is 19.3 Å². The number of rotatable bonds is 6. The lowest BCUT2D eigenvalue weighted by Gasteiger charge is -2.36. The van der Waals surface area contributed by atoms with Crippen molar-refractivity contribution in [2.24, 2.45) is 7.05 Å². The number of fused-ring (bicyclic) bond motifs is 2. The Morgan fingerprint density at radius 3 is 2.46 bits per heavy atom. The van der Waals surface area contributed by atoms with Gasteiger partial charge in [-0.05, 0) is 48.5 Å². The number of aryl methyl sites for hydroxylation is 1. The minimum absolute atomic E-state index is 0.105. The second-order valence-electron chi connectivity index (χ2n) is 8.13. The van der Waals surface area contributed by atoms with Crippen LogP contribution in [0.3, 0.4) is 0 Å². The van der Waals surface area contributed by atoms with E-state index in [1.165, 1.54) is 28.0 Å². The fraction of sp³-hybridized carbons (Fsp3) is 0.208. The van der Waals surface area contributed by atoms with Crippen LogP contribution in [0.2, 0.25) is 0 Å². The Bertz CT molecular complexity index is 1460. The van der Waals surface area contributed by atoms with Crippen LogP contribution in [-0.4, -0.2) is 40.2 Å². The summed E-state index contributed by atoms with van der Waals surface area (Å²) >= 11 is 0. The van der Waals surface area contributed by atoms with Gasteiger partial charge in [0.25, 0.3) is 6.43 Å². The van der Waals surface area contributed by atoms with Crippen molar-refractivity contribution in [1.29, 1.82) is 0 Å². The predicted octanol–water partition coefficient (Wildman–Crippen LogP) is 5.79. The van der Waals surface area contributed by atoms with Crippen molar-refractivity contribution in [3.8, 4) is 11.6 Å². The van der Waals surface area contributed by atoms with Crippen molar-refractivity contribution in [3.63, 3.8) is 0 Å². The molecule has 0 spiro atoms. The van der Waals surface area contributed by atoms with Gasteiger partial charge in [-0.3, -0.25) is 9.58 Å². The highest BCUT2D eigenvalue weighted by molar-refractivity contribution is 6.10. The van der Waals surface area contributed by atoms with Gasteiger partial charge in [0, 0.05) is 35.9 Å². The molecule has 2 aromatic heterocycles. The molecule has 37 heavy (non-hydrogen) atoms. The number of aromatic nitrogens is 3. The fourth-order valence-electron chi connectivity index (χ4n) is 3.99. The first kappa shape index (κ1) is 24.3. The van der Waals surface area contributed by atoms with E-state index in [-0.39, 0.29) is 23.9 Å². The average Bonchev–Trinajstić information content (AvgIpc) is 3.21. The Hall–Kier alpha value is -4.42. The molecule has 0 saturated heterocycles. The number of pyridine rings is 1. The molecule has 5 rings (SSSR count). The summed E-state index contributed by atoms with van der Waals surface area (Å²) in [5.41, 5.74) is 2.03. The predicted molar refractivity (Wildman–Crippen MR) is 123 cm³/mol. The molecule has 2 amide bonds. The van der Waals surface area contributed by atoms with E-state index < -0.39 is 31.2 Å². The van der Waals surface area contributed by atoms with Crippen molar-refractivity contribution in [2.45, 2.75) is 19.3 Å². The van der Waals surface area contributed by atoms with Gasteiger partial charge < -0.3 is 9.47 Å². The Balaban J connectivity index is 1.56. The van der Waals surface area contributed by atoms with Gasteiger partial charge in [0.2, 0.25) is 5.88 Å². The van der Waals surface area contributed by atoms with Crippen LogP contribution in [0.25, 0.3) is 10.9 Å². The lowest BCUT2D eigenvalue weighted by atomic mass is 10.1. The third-order valence-corrected chi connectivity index (χ3v) is 5.49. The van der Waals surface area contributed by atoms with Crippen molar-refractivity contribution < 1.29 is 36.2 Å². The summed E-state index contributed by atoms with van der Waals surface area (Å²) in [5.74, 6) is -0.485. The smallest absolute Gasteiger partial charge is 0.472 e. The Kier molecular flexibility index (Phi) is 6.05. The zero-order chi connectivity index (χ0) is 26.3. The molecule has 0 saturated carbocycles. The number of carbonyl (C=O) groups is 1. The quantitative estimate of drug-likeness (QED) is 0.302. The molecule has 1 aliphatic heterocycles. The Morgan fingerprint density at radius 2 is 1.76 bits per heavy atom. The van der Waals surface area contributed by atoms with E-state index in [9.17, 15) is 26.7 Å². The van der Waals surface area contributed by atoms with Gasteiger partial charge in [0.15, 0.2) is 6.61 Å². The molecule has 0 fully saturated rings. The van der Waals surface area contributed by atoms with Gasteiger partial charge in [-0.1, -0.05) is 0 Å². The SMILES string of the molecule is Cn1cc2cc(N3Cc4ccc(OCC(F)F)nc4N(c4ccc(OC(F)(F)F)cc4)C3=O)ccc2n1. The molecule has 3 heterocycles. The number of anilines is 3. The monoisotopic (exact) mass is 519 g/mol. The Labute approximate surface area is 206 Å². The highest BCUT2D eigenvalue weighted by Crippen LogP contribution is 2.38. The van der Waals surface area contributed by atoms with Crippen LogP contribution in [0.4, 0.5) is 43.9 Å². The largest absolute Gasteiger partial charge is 0.573 e. The molecule has 0 N–H and O–H groups in total. The van der Waals surface area contributed by atoms with Gasteiger partial charge in [-0.15, -0.1) is 13.2 Å². The third kappa shape index (κ3) is 5.10. The van der Waals surface area contributed by atoms with E-state index >= 15 is 0 Å². The van der Waals surface area contributed by atoms with Gasteiger partial charge in [0.05, 0.1) is 17.7 Å². The molecule has 8 nitrogen and oxygen atoms in total. The minimum Gasteiger partial charge on any atom is -0.472 e. The number of nitrogens with zero attached hydrogens (tertiary/aromatic N) is 5. The average molecular weight is 519 g/mol. The van der Waals surface area contributed by atoms with Gasteiger partial charge in [-0.25, -0.2) is 18.5 Å². The summed E-state index contributed by atoms with van der Waals surface area (Å²) in [4.78, 5) is 20.6. The van der Waals surface area contributed by atoms with Gasteiger partial charge in [0.1, 0.15) is 11.6 Å². The van der Waals surface area contributed by atoms with Crippen LogP contribution in [0.1, 0.15) is 5.56 Å². The third-order valence-electron chi connectivity index (χ3n) is 5.49. The van der Waals surface area contributed by atoms with Crippen LogP contribution >= 0.6 is 0 Å². The first-order valence-corrected chi connectivity index (χ1v) is 10.9. The lowest BCUT2D eigenvalue weighted by molar-refractivity contribution is -0.274. The second kappa shape index (κ2) is 9.22. The first-order chi connectivity index (χ1) is 17.6. The van der Waals surface area contributed by atoms with Crippen LogP contribution in [0.5, 0.6) is 11.6 Å². The highest BCUT2D eigenvalue weighted by Gasteiger charge is 2.35. The summed E-state index contributed by atoms with van der Waals surface area (Å²) in [6, 6.07) is 12.4. The number of ether oxygens (including phenoxy) is 2. The molecule has 0 bridgehead atoms. The molecule has 0 radical (unpaired) electrons. The van der Waals surface area contributed by atoms with Gasteiger partial charge >= 0.3 is 12.4 Å². The number of hydrogen-bond acceptors (Lipinski definition) is 5.